The molecule has 0 radical (unpaired) electrons. The van der Waals surface area contributed by atoms with E-state index in [1.807, 2.05) is 52.0 Å². The Morgan fingerprint density at radius 3 is 0.823 bits per heavy atom. The lowest BCUT2D eigenvalue weighted by molar-refractivity contribution is -0.146. The van der Waals surface area contributed by atoms with Gasteiger partial charge in [0.1, 0.15) is 34.5 Å². The van der Waals surface area contributed by atoms with E-state index in [2.05, 4.69) is 120 Å². The molecule has 16 heterocycles. The minimum Gasteiger partial charge on any atom is -0.444 e. The Labute approximate surface area is 767 Å². The number of piperidine rings is 4. The van der Waals surface area contributed by atoms with Crippen LogP contribution in [-0.4, -0.2) is 177 Å². The maximum absolute atomic E-state index is 13.3. The van der Waals surface area contributed by atoms with E-state index >= 15 is 0 Å². The predicted octanol–water partition coefficient (Wildman–Crippen LogP) is 15.9. The fourth-order valence-corrected chi connectivity index (χ4v) is 20.7. The maximum atomic E-state index is 13.3. The van der Waals surface area contributed by atoms with E-state index in [1.54, 1.807) is 156 Å². The number of nitrogens with zero attached hydrogens (tertiary/aromatic N) is 12. The van der Waals surface area contributed by atoms with Crippen LogP contribution in [-0.2, 0) is 73.5 Å². The Hall–Kier alpha value is -12.8. The molecule has 4 saturated heterocycles. The van der Waals surface area contributed by atoms with E-state index in [1.165, 1.54) is 24.8 Å². The Bertz CT molecular complexity index is 5650. The van der Waals surface area contributed by atoms with Crippen LogP contribution in [0.5, 0.6) is 0 Å². The molecule has 36 nitrogen and oxygen atoms in total. The molecule has 4 fully saturated rings. The van der Waals surface area contributed by atoms with Gasteiger partial charge in [-0.2, -0.15) is 20.4 Å². The molecule has 0 bridgehead atoms. The number of nitrogens with two attached hydrogens (primary N) is 2. The van der Waals surface area contributed by atoms with E-state index in [0.29, 0.717) is 133 Å². The Morgan fingerprint density at radius 1 is 0.354 bits per heavy atom. The summed E-state index contributed by atoms with van der Waals surface area (Å²) in [4.78, 5) is 156. The molecular formula is C90H112N24O12S4. The zero-order valence-corrected chi connectivity index (χ0v) is 78.5. The summed E-state index contributed by atoms with van der Waals surface area (Å²) in [6, 6.07) is 14.5. The van der Waals surface area contributed by atoms with Crippen LogP contribution in [0.2, 0.25) is 0 Å². The number of nitrogens with one attached hydrogen (secondary N) is 10. The number of nitrogen functional groups attached to an aromatic ring is 2. The number of aromatic nitrogens is 12. The number of carbonyl (C=O) groups excluding carboxylic acids is 10. The topological polar surface area (TPSA) is 493 Å². The van der Waals surface area contributed by atoms with Gasteiger partial charge in [0, 0.05) is 45.7 Å². The fourth-order valence-electron chi connectivity index (χ4n) is 16.1. The molecule has 14 N–H and O–H groups in total. The molecule has 0 spiro atoms. The first-order chi connectivity index (χ1) is 62.0. The number of ether oxygens (including phenoxy) is 2. The van der Waals surface area contributed by atoms with Crippen molar-refractivity contribution in [3.8, 4) is 0 Å². The van der Waals surface area contributed by atoms with Crippen LogP contribution in [0.3, 0.4) is 0 Å². The van der Waals surface area contributed by atoms with Crippen LogP contribution in [0.15, 0.2) is 98.1 Å². The van der Waals surface area contributed by atoms with Crippen molar-refractivity contribution in [1.29, 1.82) is 0 Å². The number of hydrogen-bond acceptors (Lipinski definition) is 26. The second kappa shape index (κ2) is 41.3. The summed E-state index contributed by atoms with van der Waals surface area (Å²) < 4.78 is 14.7. The van der Waals surface area contributed by atoms with Gasteiger partial charge in [0.25, 0.3) is 0 Å². The average Bonchev–Trinajstić information content (AvgIpc) is 1.63. The lowest BCUT2D eigenvalue weighted by Crippen LogP contribution is -2.46. The third-order valence-electron chi connectivity index (χ3n) is 22.7. The van der Waals surface area contributed by atoms with Gasteiger partial charge >= 0.3 is 59.4 Å². The predicted molar refractivity (Wildman–Crippen MR) is 505 cm³/mol. The molecule has 12 aromatic heterocycles. The van der Waals surface area contributed by atoms with Gasteiger partial charge in [-0.25, -0.2) is 29.5 Å². The van der Waals surface area contributed by atoms with Gasteiger partial charge in [0.05, 0.1) is 137 Å². The van der Waals surface area contributed by atoms with Gasteiger partial charge in [-0.1, -0.05) is 55.4 Å². The van der Waals surface area contributed by atoms with E-state index in [0.717, 1.165) is 123 Å². The molecule has 10 amide bonds. The number of thiophene rings is 4. The Balaban J connectivity index is 0.000000148. The van der Waals surface area contributed by atoms with E-state index in [9.17, 15) is 47.9 Å². The van der Waals surface area contributed by atoms with Crippen molar-refractivity contribution in [2.24, 2.45) is 23.7 Å². The number of H-pyrrole nitrogens is 4. The van der Waals surface area contributed by atoms with Crippen molar-refractivity contribution >= 4 is 192 Å². The summed E-state index contributed by atoms with van der Waals surface area (Å²) in [7, 11) is 0. The summed E-state index contributed by atoms with van der Waals surface area (Å²) in [5.41, 5.74) is 19.0. The number of fused-ring (bicyclic) bond motifs is 4. The molecule has 4 aliphatic heterocycles. The Morgan fingerprint density at radius 2 is 0.592 bits per heavy atom. The number of anilines is 8. The third-order valence-corrected chi connectivity index (χ3v) is 27.4. The number of likely N-dealkylation sites (tertiary alicyclic amines) is 4. The van der Waals surface area contributed by atoms with Crippen LogP contribution in [0.4, 0.5) is 55.6 Å². The van der Waals surface area contributed by atoms with Gasteiger partial charge in [0.15, 0.2) is 0 Å². The summed E-state index contributed by atoms with van der Waals surface area (Å²) in [5.74, 6) is -2.05. The number of carbonyl (C=O) groups is 10. The fraction of sp³-hybridized carbons (Fsp3) is 0.444. The van der Waals surface area contributed by atoms with Gasteiger partial charge < -0.3 is 61.8 Å². The van der Waals surface area contributed by atoms with Crippen molar-refractivity contribution in [3.63, 3.8) is 0 Å². The van der Waals surface area contributed by atoms with Crippen LogP contribution in [0.25, 0.3) is 40.9 Å². The highest BCUT2D eigenvalue weighted by Gasteiger charge is 2.41. The van der Waals surface area contributed by atoms with Gasteiger partial charge in [-0.15, -0.1) is 45.3 Å². The van der Waals surface area contributed by atoms with E-state index in [-0.39, 0.29) is 24.2 Å². The first kappa shape index (κ1) is 94.8. The molecule has 12 aromatic rings. The quantitative estimate of drug-likeness (QED) is 0.0450. The molecule has 0 saturated carbocycles. The molecule has 0 aromatic carbocycles. The van der Waals surface area contributed by atoms with Crippen LogP contribution >= 0.6 is 45.3 Å². The number of rotatable bonds is 14. The molecule has 16 rings (SSSR count). The highest BCUT2D eigenvalue weighted by molar-refractivity contribution is 7.20. The molecule has 4 aliphatic rings. The minimum atomic E-state index is -0.713. The highest BCUT2D eigenvalue weighted by atomic mass is 32.1. The average molecular weight is 1850 g/mol. The van der Waals surface area contributed by atoms with Crippen LogP contribution in [0.1, 0.15) is 214 Å². The molecule has 688 valence electrons. The van der Waals surface area contributed by atoms with Crippen molar-refractivity contribution in [2.45, 2.75) is 209 Å². The Kier molecular flexibility index (Phi) is 30.1. The number of aromatic amines is 4. The second-order valence-corrected chi connectivity index (χ2v) is 39.8. The van der Waals surface area contributed by atoms with Crippen molar-refractivity contribution in [3.05, 3.63) is 140 Å². The van der Waals surface area contributed by atoms with Crippen molar-refractivity contribution < 1.29 is 57.4 Å². The van der Waals surface area contributed by atoms with E-state index in [4.69, 9.17) is 20.9 Å². The summed E-state index contributed by atoms with van der Waals surface area (Å²) in [5, 5.41) is 44.1. The van der Waals surface area contributed by atoms with Gasteiger partial charge in [0.2, 0.25) is 0 Å². The third kappa shape index (κ3) is 23.4. The number of aryl methyl sites for hydroxylation is 4. The maximum Gasteiger partial charge on any atom is 0.413 e. The van der Waals surface area contributed by atoms with Crippen LogP contribution in [0, 0.1) is 23.7 Å². The summed E-state index contributed by atoms with van der Waals surface area (Å²) >= 11 is 6.40. The molecular weight excluding hydrogens is 1740 g/mol. The SMILES string of the molecule is CCc1cc(NC(=O)C(=O)N2C[C@@H](C)CC[C@@H]2c2cc3[nH]ncc3s2)cnc1N.CCc1cc(NC(=O)C(=O)N2C[C@@H](C)CC[C@@H]2c2cc3[nH]ncc3s2)cnc1NC(=O)OC(C)(C)C.CCc1cc(NC(=O)C(=O)N2C[C@H](C)CC[C@H]2c2cc3[nH]ncc3s2)cnc1N.CCc1cc(NC(=O)C(=O)N2C[C@H](C)CC[C@H]2c2cc3[nH]ncc3s2)cnc1NC(=O)OC(C)(C)C. The normalized spacial score (nSPS) is 18.8. The van der Waals surface area contributed by atoms with Crippen molar-refractivity contribution in [2.75, 3.05) is 69.5 Å². The lowest BCUT2D eigenvalue weighted by atomic mass is 9.93. The van der Waals surface area contributed by atoms with Gasteiger partial charge in [-0.3, -0.25) is 69.4 Å². The molecule has 130 heavy (non-hydrogen) atoms. The molecule has 40 heteroatoms. The minimum absolute atomic E-state index is 0.106. The molecule has 8 atom stereocenters. The molecule has 0 aliphatic carbocycles. The lowest BCUT2D eigenvalue weighted by Gasteiger charge is -2.37. The zero-order valence-electron chi connectivity index (χ0n) is 75.2. The first-order valence-electron chi connectivity index (χ1n) is 43.6. The number of pyridine rings is 4. The first-order valence-corrected chi connectivity index (χ1v) is 46.9. The number of amides is 10. The zero-order chi connectivity index (χ0) is 93.2. The standard InChI is InChI=1S/2C25H32N6O4S.2C20H24N6O2S/c2*1-6-15-9-16(11-26-21(15)29-24(34)35-25(3,4)5)28-22(32)23(33)31-13-14(2)7-8-18(31)19-10-17-20(36-19)12-27-30-17;2*1-3-12-6-13(8-22-18(12)21)24-19(27)20(28)26-10-11(2)4-5-15(26)16-7-14-17(29-16)9-23-25-14/h2*9-12,14,18H,6-8,13H2,1-5H3,(H,27,30)(H,28,32)(H,26,29,34);2*6-9,11,15H,3-5,10H2,1-2H3,(H2,21,22)(H,23,25)(H,24,27)/t2*14-,18+;2*11-,15+/m1010/s1. The largest absolute Gasteiger partial charge is 0.444 e. The molecule has 0 unspecified atom stereocenters. The summed E-state index contributed by atoms with van der Waals surface area (Å²) in [6.07, 6.45) is 21.4. The van der Waals surface area contributed by atoms with Crippen molar-refractivity contribution in [1.82, 2.24) is 80.3 Å². The second-order valence-electron chi connectivity index (χ2n) is 35.3. The smallest absolute Gasteiger partial charge is 0.413 e. The van der Waals surface area contributed by atoms with Gasteiger partial charge in [-0.05, 0) is 213 Å². The highest BCUT2D eigenvalue weighted by Crippen LogP contribution is 2.44. The van der Waals surface area contributed by atoms with E-state index < -0.39 is 70.6 Å². The number of hydrogen-bond donors (Lipinski definition) is 12. The monoisotopic (exact) mass is 1850 g/mol. The summed E-state index contributed by atoms with van der Waals surface area (Å²) in [6.45, 7) is 28.9. The van der Waals surface area contributed by atoms with Crippen LogP contribution < -0.4 is 43.4 Å².